The fourth-order valence-electron chi connectivity index (χ4n) is 3.84. The summed E-state index contributed by atoms with van der Waals surface area (Å²) in [5, 5.41) is 2.07. The van der Waals surface area contributed by atoms with E-state index in [0.717, 1.165) is 16.8 Å². The predicted molar refractivity (Wildman–Crippen MR) is 134 cm³/mol. The van der Waals surface area contributed by atoms with E-state index in [4.69, 9.17) is 16.6 Å². The number of para-hydroxylation sites is 1. The number of hydrogen-bond acceptors (Lipinski definition) is 5. The molecule has 0 unspecified atom stereocenters. The first-order valence-corrected chi connectivity index (χ1v) is 11.7. The molecule has 0 bridgehead atoms. The van der Waals surface area contributed by atoms with E-state index in [1.54, 1.807) is 28.8 Å². The van der Waals surface area contributed by atoms with Crippen LogP contribution in [0.15, 0.2) is 75.4 Å². The third-order valence-electron chi connectivity index (χ3n) is 5.39. The molecule has 2 aromatic heterocycles. The molecule has 0 saturated heterocycles. The van der Waals surface area contributed by atoms with Crippen molar-refractivity contribution >= 4 is 45.2 Å². The summed E-state index contributed by atoms with van der Waals surface area (Å²) in [7, 11) is 0. The van der Waals surface area contributed by atoms with Crippen molar-refractivity contribution in [3.63, 3.8) is 0 Å². The van der Waals surface area contributed by atoms with Crippen molar-refractivity contribution < 1.29 is 0 Å². The van der Waals surface area contributed by atoms with Crippen LogP contribution in [0.3, 0.4) is 0 Å². The second-order valence-electron chi connectivity index (χ2n) is 7.80. The smallest absolute Gasteiger partial charge is 0.266 e. The molecule has 2 heterocycles. The Morgan fingerprint density at radius 2 is 1.76 bits per heavy atom. The number of aromatic amines is 1. The van der Waals surface area contributed by atoms with E-state index in [1.807, 2.05) is 50.2 Å². The Kier molecular flexibility index (Phi) is 5.52. The molecule has 0 saturated carbocycles. The first kappa shape index (κ1) is 21.4. The topological polar surface area (TPSA) is 80.6 Å². The molecule has 0 spiro atoms. The first-order valence-electron chi connectivity index (χ1n) is 10.3. The molecule has 164 valence electrons. The SMILES string of the molecule is Cc1ccc(-n2c(SCc3nc4cc(Cl)ccc4c(=O)[nH]3)nc3ccccc3c2=O)c(C)c1. The number of halogens is 1. The average molecular weight is 475 g/mol. The largest absolute Gasteiger partial charge is 0.309 e. The Labute approximate surface area is 198 Å². The summed E-state index contributed by atoms with van der Waals surface area (Å²) in [4.78, 5) is 38.1. The number of aryl methyl sites for hydroxylation is 2. The van der Waals surface area contributed by atoms with Crippen molar-refractivity contribution in [1.82, 2.24) is 19.5 Å². The molecule has 0 aliphatic heterocycles. The number of nitrogens with one attached hydrogen (secondary N) is 1. The molecule has 6 nitrogen and oxygen atoms in total. The molecule has 0 amide bonds. The molecule has 5 rings (SSSR count). The zero-order valence-corrected chi connectivity index (χ0v) is 19.5. The van der Waals surface area contributed by atoms with Crippen LogP contribution < -0.4 is 11.1 Å². The minimum Gasteiger partial charge on any atom is -0.309 e. The molecule has 0 radical (unpaired) electrons. The Morgan fingerprint density at radius 3 is 2.58 bits per heavy atom. The van der Waals surface area contributed by atoms with Gasteiger partial charge in [-0.15, -0.1) is 0 Å². The minimum atomic E-state index is -0.231. The molecular weight excluding hydrogens is 456 g/mol. The fourth-order valence-corrected chi connectivity index (χ4v) is 4.88. The summed E-state index contributed by atoms with van der Waals surface area (Å²) >= 11 is 7.42. The second-order valence-corrected chi connectivity index (χ2v) is 9.18. The Hall–Kier alpha value is -3.42. The maximum atomic E-state index is 13.5. The van der Waals surface area contributed by atoms with E-state index < -0.39 is 0 Å². The van der Waals surface area contributed by atoms with Crippen molar-refractivity contribution in [2.75, 3.05) is 0 Å². The highest BCUT2D eigenvalue weighted by Crippen LogP contribution is 2.26. The van der Waals surface area contributed by atoms with Crippen LogP contribution in [0.25, 0.3) is 27.5 Å². The summed E-state index contributed by atoms with van der Waals surface area (Å²) in [6.45, 7) is 3.99. The zero-order valence-electron chi connectivity index (χ0n) is 17.9. The molecule has 0 fully saturated rings. The highest BCUT2D eigenvalue weighted by Gasteiger charge is 2.16. The van der Waals surface area contributed by atoms with Crippen LogP contribution in [0.4, 0.5) is 0 Å². The third-order valence-corrected chi connectivity index (χ3v) is 6.58. The number of fused-ring (bicyclic) bond motifs is 2. The third kappa shape index (κ3) is 4.05. The van der Waals surface area contributed by atoms with Gasteiger partial charge in [-0.3, -0.25) is 14.2 Å². The van der Waals surface area contributed by atoms with E-state index in [0.29, 0.717) is 43.6 Å². The maximum absolute atomic E-state index is 13.5. The van der Waals surface area contributed by atoms with E-state index in [-0.39, 0.29) is 11.1 Å². The van der Waals surface area contributed by atoms with Crippen LogP contribution in [0.5, 0.6) is 0 Å². The molecule has 33 heavy (non-hydrogen) atoms. The van der Waals surface area contributed by atoms with Gasteiger partial charge in [0.1, 0.15) is 5.82 Å². The van der Waals surface area contributed by atoms with Gasteiger partial charge in [0.25, 0.3) is 11.1 Å². The molecular formula is C25H19ClN4O2S. The second kappa shape index (κ2) is 8.50. The summed E-state index contributed by atoms with van der Waals surface area (Å²) in [5.74, 6) is 0.808. The fraction of sp³-hybridized carbons (Fsp3) is 0.120. The van der Waals surface area contributed by atoms with Crippen LogP contribution in [-0.2, 0) is 5.75 Å². The van der Waals surface area contributed by atoms with E-state index in [1.165, 1.54) is 11.8 Å². The van der Waals surface area contributed by atoms with Crippen LogP contribution in [0.2, 0.25) is 5.02 Å². The van der Waals surface area contributed by atoms with Crippen LogP contribution >= 0.6 is 23.4 Å². The van der Waals surface area contributed by atoms with Gasteiger partial charge in [0.15, 0.2) is 5.16 Å². The summed E-state index contributed by atoms with van der Waals surface area (Å²) in [6.07, 6.45) is 0. The van der Waals surface area contributed by atoms with Gasteiger partial charge in [-0.25, -0.2) is 9.97 Å². The molecule has 8 heteroatoms. The highest BCUT2D eigenvalue weighted by molar-refractivity contribution is 7.98. The maximum Gasteiger partial charge on any atom is 0.266 e. The average Bonchev–Trinajstić information content (AvgIpc) is 2.78. The highest BCUT2D eigenvalue weighted by atomic mass is 35.5. The standard InChI is InChI=1S/C25H19ClN4O2S/c1-14-7-10-21(15(2)11-14)30-24(32)18-5-3-4-6-19(18)28-25(30)33-13-22-27-20-12-16(26)8-9-17(20)23(31)29-22/h3-12H,13H2,1-2H3,(H,27,29,31). The summed E-state index contributed by atoms with van der Waals surface area (Å²) in [5.41, 5.74) is 3.65. The molecule has 0 aliphatic carbocycles. The lowest BCUT2D eigenvalue weighted by Crippen LogP contribution is -2.22. The van der Waals surface area contributed by atoms with Gasteiger partial charge in [-0.05, 0) is 55.8 Å². The lowest BCUT2D eigenvalue weighted by Gasteiger charge is -2.15. The van der Waals surface area contributed by atoms with Gasteiger partial charge in [0.2, 0.25) is 0 Å². The Bertz CT molecular complexity index is 1660. The van der Waals surface area contributed by atoms with E-state index >= 15 is 0 Å². The van der Waals surface area contributed by atoms with Gasteiger partial charge in [0, 0.05) is 5.02 Å². The molecule has 0 atom stereocenters. The number of H-pyrrole nitrogens is 1. The van der Waals surface area contributed by atoms with Gasteiger partial charge >= 0.3 is 0 Å². The van der Waals surface area contributed by atoms with Crippen molar-refractivity contribution in [3.8, 4) is 5.69 Å². The number of nitrogens with zero attached hydrogens (tertiary/aromatic N) is 3. The monoisotopic (exact) mass is 474 g/mol. The van der Waals surface area contributed by atoms with Gasteiger partial charge < -0.3 is 4.98 Å². The number of rotatable bonds is 4. The zero-order chi connectivity index (χ0) is 23.1. The summed E-state index contributed by atoms with van der Waals surface area (Å²) < 4.78 is 1.64. The van der Waals surface area contributed by atoms with Crippen molar-refractivity contribution in [2.24, 2.45) is 0 Å². The lowest BCUT2D eigenvalue weighted by atomic mass is 10.1. The van der Waals surface area contributed by atoms with E-state index in [9.17, 15) is 9.59 Å². The first-order chi connectivity index (χ1) is 15.9. The predicted octanol–water partition coefficient (Wildman–Crippen LogP) is 5.18. The number of thioether (sulfide) groups is 1. The number of benzene rings is 3. The quantitative estimate of drug-likeness (QED) is 0.286. The van der Waals surface area contributed by atoms with Gasteiger partial charge in [-0.2, -0.15) is 0 Å². The minimum absolute atomic E-state index is 0.137. The van der Waals surface area contributed by atoms with Crippen LogP contribution in [-0.4, -0.2) is 19.5 Å². The number of aromatic nitrogens is 4. The lowest BCUT2D eigenvalue weighted by molar-refractivity contribution is 0.812. The van der Waals surface area contributed by atoms with Crippen molar-refractivity contribution in [2.45, 2.75) is 24.8 Å². The number of hydrogen-bond donors (Lipinski definition) is 1. The van der Waals surface area contributed by atoms with Crippen molar-refractivity contribution in [1.29, 1.82) is 0 Å². The van der Waals surface area contributed by atoms with Crippen molar-refractivity contribution in [3.05, 3.63) is 103 Å². The molecule has 3 aromatic carbocycles. The van der Waals surface area contributed by atoms with Crippen LogP contribution in [0.1, 0.15) is 17.0 Å². The van der Waals surface area contributed by atoms with Crippen LogP contribution in [0, 0.1) is 13.8 Å². The van der Waals surface area contributed by atoms with E-state index in [2.05, 4.69) is 9.97 Å². The normalized spacial score (nSPS) is 11.4. The van der Waals surface area contributed by atoms with Gasteiger partial charge in [0.05, 0.1) is 33.2 Å². The van der Waals surface area contributed by atoms with Gasteiger partial charge in [-0.1, -0.05) is 53.2 Å². The Morgan fingerprint density at radius 1 is 0.939 bits per heavy atom. The molecule has 0 aliphatic rings. The molecule has 1 N–H and O–H groups in total. The summed E-state index contributed by atoms with van der Waals surface area (Å²) in [6, 6.07) is 18.2. The Balaban J connectivity index is 1.63. The molecule has 5 aromatic rings.